The lowest BCUT2D eigenvalue weighted by Gasteiger charge is -2.08. The van der Waals surface area contributed by atoms with Crippen LogP contribution >= 0.6 is 0 Å². The lowest BCUT2D eigenvalue weighted by molar-refractivity contribution is -0.181. The number of nitrogens with one attached hydrogen (secondary N) is 1. The third-order valence-corrected chi connectivity index (χ3v) is 0.996. The Kier molecular flexibility index (Phi) is 1.82. The third kappa shape index (κ3) is 1.18. The van der Waals surface area contributed by atoms with Gasteiger partial charge in [-0.3, -0.25) is 4.79 Å². The van der Waals surface area contributed by atoms with E-state index in [1.165, 1.54) is 5.17 Å². The number of nitrogens with zero attached hydrogens (tertiary/aromatic N) is 1. The lowest BCUT2D eigenvalue weighted by atomic mass is 10.5. The Balaban J connectivity index is 2.14. The van der Waals surface area contributed by atoms with Gasteiger partial charge in [-0.1, -0.05) is 5.17 Å². The van der Waals surface area contributed by atoms with Gasteiger partial charge in [-0.05, 0) is 6.42 Å². The zero-order valence-electron chi connectivity index (χ0n) is 4.46. The summed E-state index contributed by atoms with van der Waals surface area (Å²) in [6.07, 6.45) is 1.04. The van der Waals surface area contributed by atoms with Crippen molar-refractivity contribution in [3.05, 3.63) is 0 Å². The first-order chi connectivity index (χ1) is 3.93. The van der Waals surface area contributed by atoms with Gasteiger partial charge in [0.15, 0.2) is 0 Å². The smallest absolute Gasteiger partial charge is 0.314 e. The van der Waals surface area contributed by atoms with E-state index in [0.717, 1.165) is 19.5 Å². The van der Waals surface area contributed by atoms with E-state index >= 15 is 0 Å². The molecule has 1 aliphatic rings. The molecule has 1 heterocycles. The lowest BCUT2D eigenvalue weighted by Crippen LogP contribution is -2.30. The summed E-state index contributed by atoms with van der Waals surface area (Å²) in [6, 6.07) is 0. The molecule has 4 heteroatoms. The first-order valence-electron chi connectivity index (χ1n) is 2.55. The van der Waals surface area contributed by atoms with Crippen molar-refractivity contribution in [2.45, 2.75) is 6.42 Å². The van der Waals surface area contributed by atoms with Crippen molar-refractivity contribution in [2.24, 2.45) is 0 Å². The molecule has 0 saturated carbocycles. The van der Waals surface area contributed by atoms with Crippen LogP contribution in [0.15, 0.2) is 0 Å². The maximum atomic E-state index is 9.66. The van der Waals surface area contributed by atoms with Gasteiger partial charge in [0.2, 0.25) is 0 Å². The molecule has 1 fully saturated rings. The molecule has 0 radical (unpaired) electrons. The maximum absolute atomic E-state index is 9.66. The molecule has 1 N–H and O–H groups in total. The van der Waals surface area contributed by atoms with E-state index in [1.54, 1.807) is 0 Å². The van der Waals surface area contributed by atoms with Crippen LogP contribution in [0.1, 0.15) is 6.42 Å². The highest BCUT2D eigenvalue weighted by Crippen LogP contribution is 1.93. The van der Waals surface area contributed by atoms with Crippen molar-refractivity contribution < 1.29 is 9.63 Å². The van der Waals surface area contributed by atoms with Gasteiger partial charge in [-0.15, -0.1) is 0 Å². The van der Waals surface area contributed by atoms with Crippen LogP contribution < -0.4 is 5.43 Å². The summed E-state index contributed by atoms with van der Waals surface area (Å²) in [7, 11) is 0. The fourth-order valence-corrected chi connectivity index (χ4v) is 0.647. The Morgan fingerprint density at radius 2 is 2.62 bits per heavy atom. The van der Waals surface area contributed by atoms with Gasteiger partial charge in [0.05, 0.1) is 6.54 Å². The predicted molar refractivity (Wildman–Crippen MR) is 26.5 cm³/mol. The van der Waals surface area contributed by atoms with Gasteiger partial charge in [0.1, 0.15) is 0 Å². The topological polar surface area (TPSA) is 41.6 Å². The molecule has 46 valence electrons. The Morgan fingerprint density at radius 1 is 1.75 bits per heavy atom. The minimum Gasteiger partial charge on any atom is -0.356 e. The standard InChI is InChI=1S/C4H8N2O2/c7-4-8-6-3-1-2-5-6/h4-5H,1-3H2. The molecule has 0 aliphatic carbocycles. The highest BCUT2D eigenvalue weighted by molar-refractivity contribution is 5.36. The third-order valence-electron chi connectivity index (χ3n) is 0.996. The monoisotopic (exact) mass is 116 g/mol. The predicted octanol–water partition coefficient (Wildman–Crippen LogP) is -0.715. The van der Waals surface area contributed by atoms with Gasteiger partial charge < -0.3 is 4.84 Å². The molecule has 8 heavy (non-hydrogen) atoms. The van der Waals surface area contributed by atoms with E-state index in [2.05, 4.69) is 10.3 Å². The van der Waals surface area contributed by atoms with Crippen LogP contribution in [0.5, 0.6) is 0 Å². The molecule has 0 atom stereocenters. The Bertz CT molecular complexity index is 80.1. The minimum atomic E-state index is 0.415. The zero-order chi connectivity index (χ0) is 5.82. The van der Waals surface area contributed by atoms with Crippen molar-refractivity contribution >= 4 is 6.47 Å². The summed E-state index contributed by atoms with van der Waals surface area (Å²) in [5, 5.41) is 1.42. The average Bonchev–Trinajstić information content (AvgIpc) is 2.19. The average molecular weight is 116 g/mol. The molecule has 0 unspecified atom stereocenters. The van der Waals surface area contributed by atoms with Crippen molar-refractivity contribution in [3.63, 3.8) is 0 Å². The molecule has 1 rings (SSSR count). The van der Waals surface area contributed by atoms with Gasteiger partial charge in [0.25, 0.3) is 0 Å². The molecule has 0 aromatic carbocycles. The SMILES string of the molecule is O=CON1CCCN1. The molecule has 0 aromatic heterocycles. The number of carbonyl (C=O) groups excluding carboxylic acids is 1. The molecule has 0 bridgehead atoms. The van der Waals surface area contributed by atoms with Gasteiger partial charge >= 0.3 is 6.47 Å². The van der Waals surface area contributed by atoms with E-state index in [9.17, 15) is 4.79 Å². The molecular weight excluding hydrogens is 108 g/mol. The summed E-state index contributed by atoms with van der Waals surface area (Å²) in [5.74, 6) is 0. The fourth-order valence-electron chi connectivity index (χ4n) is 0.647. The number of rotatable bonds is 2. The second-order valence-corrected chi connectivity index (χ2v) is 1.57. The molecule has 0 aromatic rings. The van der Waals surface area contributed by atoms with E-state index in [1.807, 2.05) is 0 Å². The molecule has 4 nitrogen and oxygen atoms in total. The van der Waals surface area contributed by atoms with E-state index in [0.29, 0.717) is 6.47 Å². The van der Waals surface area contributed by atoms with E-state index in [4.69, 9.17) is 0 Å². The van der Waals surface area contributed by atoms with Crippen LogP contribution in [0.2, 0.25) is 0 Å². The van der Waals surface area contributed by atoms with Crippen LogP contribution in [0, 0.1) is 0 Å². The number of hydrogen-bond donors (Lipinski definition) is 1. The van der Waals surface area contributed by atoms with E-state index in [-0.39, 0.29) is 0 Å². The number of hydrazine groups is 1. The number of carbonyl (C=O) groups is 1. The van der Waals surface area contributed by atoms with E-state index < -0.39 is 0 Å². The fraction of sp³-hybridized carbons (Fsp3) is 0.750. The van der Waals surface area contributed by atoms with Gasteiger partial charge in [-0.2, -0.15) is 0 Å². The summed E-state index contributed by atoms with van der Waals surface area (Å²) in [5.41, 5.74) is 2.84. The molecule has 0 amide bonds. The van der Waals surface area contributed by atoms with Crippen molar-refractivity contribution in [3.8, 4) is 0 Å². The molecule has 1 aliphatic heterocycles. The summed E-state index contributed by atoms with van der Waals surface area (Å²) >= 11 is 0. The first kappa shape index (κ1) is 5.53. The van der Waals surface area contributed by atoms with Crippen LogP contribution in [-0.4, -0.2) is 24.7 Å². The van der Waals surface area contributed by atoms with Crippen molar-refractivity contribution in [2.75, 3.05) is 13.1 Å². The quantitative estimate of drug-likeness (QED) is 0.484. The summed E-state index contributed by atoms with van der Waals surface area (Å²) in [4.78, 5) is 14.1. The number of hydroxylamine groups is 1. The Labute approximate surface area is 47.3 Å². The normalized spacial score (nSPS) is 21.0. The van der Waals surface area contributed by atoms with Crippen molar-refractivity contribution in [1.82, 2.24) is 10.6 Å². The largest absolute Gasteiger partial charge is 0.356 e. The van der Waals surface area contributed by atoms with Gasteiger partial charge in [0, 0.05) is 6.54 Å². The minimum absolute atomic E-state index is 0.415. The van der Waals surface area contributed by atoms with Gasteiger partial charge in [-0.25, -0.2) is 5.43 Å². The second-order valence-electron chi connectivity index (χ2n) is 1.57. The molecule has 0 spiro atoms. The summed E-state index contributed by atoms with van der Waals surface area (Å²) < 4.78 is 0. The maximum Gasteiger partial charge on any atom is 0.314 e. The summed E-state index contributed by atoms with van der Waals surface area (Å²) in [6.45, 7) is 2.10. The van der Waals surface area contributed by atoms with Crippen LogP contribution in [-0.2, 0) is 9.63 Å². The number of hydrogen-bond acceptors (Lipinski definition) is 4. The van der Waals surface area contributed by atoms with Crippen LogP contribution in [0.3, 0.4) is 0 Å². The molecular formula is C4H8N2O2. The second kappa shape index (κ2) is 2.64. The highest BCUT2D eigenvalue weighted by atomic mass is 16.7. The van der Waals surface area contributed by atoms with Crippen LogP contribution in [0.25, 0.3) is 0 Å². The Hall–Kier alpha value is -0.610. The Morgan fingerprint density at radius 3 is 3.12 bits per heavy atom. The first-order valence-corrected chi connectivity index (χ1v) is 2.55. The molecule has 1 saturated heterocycles. The van der Waals surface area contributed by atoms with Crippen molar-refractivity contribution in [1.29, 1.82) is 0 Å². The zero-order valence-corrected chi connectivity index (χ0v) is 4.46. The highest BCUT2D eigenvalue weighted by Gasteiger charge is 2.09. The van der Waals surface area contributed by atoms with Crippen LogP contribution in [0.4, 0.5) is 0 Å².